The molecule has 3 aliphatic rings. The minimum Gasteiger partial charge on any atom is -0.378 e. The quantitative estimate of drug-likeness (QED) is 0.301. The van der Waals surface area contributed by atoms with Gasteiger partial charge in [-0.15, -0.1) is 0 Å². The number of hydrogen-bond donors (Lipinski definition) is 0. The smallest absolute Gasteiger partial charge is 0.282 e. The first-order valence-corrected chi connectivity index (χ1v) is 19.6. The Labute approximate surface area is 286 Å². The predicted octanol–water partition coefficient (Wildman–Crippen LogP) is 6.29. The van der Waals surface area contributed by atoms with Crippen molar-refractivity contribution in [2.45, 2.75) is 56.3 Å². The van der Waals surface area contributed by atoms with Crippen LogP contribution in [-0.2, 0) is 10.2 Å². The molecular weight excluding hydrogens is 643 g/mol. The summed E-state index contributed by atoms with van der Waals surface area (Å²) in [4.78, 5) is 7.98. The monoisotopic (exact) mass is 694 g/mol. The van der Waals surface area contributed by atoms with E-state index in [1.165, 1.54) is 54.8 Å². The van der Waals surface area contributed by atoms with Gasteiger partial charge in [-0.25, -0.2) is 8.70 Å². The normalized spacial score (nSPS) is 21.5. The van der Waals surface area contributed by atoms with Crippen LogP contribution in [0.4, 0.5) is 15.8 Å². The largest absolute Gasteiger partial charge is 0.378 e. The zero-order valence-corrected chi connectivity index (χ0v) is 30.0. The maximum absolute atomic E-state index is 14.1. The van der Waals surface area contributed by atoms with Crippen molar-refractivity contribution in [2.24, 2.45) is 5.92 Å². The van der Waals surface area contributed by atoms with Crippen LogP contribution in [-0.4, -0.2) is 112 Å². The summed E-state index contributed by atoms with van der Waals surface area (Å²) in [7, 11) is 0.476. The van der Waals surface area contributed by atoms with Crippen LogP contribution in [0.2, 0.25) is 5.02 Å². The van der Waals surface area contributed by atoms with Crippen LogP contribution in [0.25, 0.3) is 0 Å². The van der Waals surface area contributed by atoms with Gasteiger partial charge in [0.05, 0.1) is 10.7 Å². The summed E-state index contributed by atoms with van der Waals surface area (Å²) >= 11 is 8.11. The molecule has 0 unspecified atom stereocenters. The fourth-order valence-corrected chi connectivity index (χ4v) is 9.91. The van der Waals surface area contributed by atoms with Gasteiger partial charge in [0.2, 0.25) is 0 Å². The van der Waals surface area contributed by atoms with Crippen molar-refractivity contribution in [1.82, 2.24) is 17.8 Å². The lowest BCUT2D eigenvalue weighted by Gasteiger charge is -2.38. The van der Waals surface area contributed by atoms with Gasteiger partial charge in [0.25, 0.3) is 10.2 Å². The third-order valence-electron chi connectivity index (χ3n) is 9.55. The fraction of sp³-hybridized carbons (Fsp3) is 0.647. The molecular formula is C34H52ClFN6O2S2. The van der Waals surface area contributed by atoms with Crippen LogP contribution in [0, 0.1) is 11.7 Å². The molecule has 2 aromatic carbocycles. The summed E-state index contributed by atoms with van der Waals surface area (Å²) in [5, 5.41) is 0.355. The summed E-state index contributed by atoms with van der Waals surface area (Å²) in [6.07, 6.45) is 9.39. The molecule has 1 aliphatic carbocycles. The third-order valence-corrected chi connectivity index (χ3v) is 13.0. The first-order chi connectivity index (χ1) is 22.2. The molecule has 5 rings (SSSR count). The number of piperazine rings is 1. The molecule has 0 bridgehead atoms. The Morgan fingerprint density at radius 1 is 0.783 bits per heavy atom. The van der Waals surface area contributed by atoms with Crippen molar-refractivity contribution in [3.8, 4) is 0 Å². The lowest BCUT2D eigenvalue weighted by atomic mass is 9.89. The summed E-state index contributed by atoms with van der Waals surface area (Å²) in [6.45, 7) is 7.74. The average molecular weight is 695 g/mol. The van der Waals surface area contributed by atoms with Crippen LogP contribution in [0.1, 0.15) is 51.4 Å². The Morgan fingerprint density at radius 3 is 2.02 bits per heavy atom. The van der Waals surface area contributed by atoms with E-state index in [0.29, 0.717) is 44.3 Å². The summed E-state index contributed by atoms with van der Waals surface area (Å²) < 4.78 is 47.6. The molecule has 0 amide bonds. The van der Waals surface area contributed by atoms with Crippen molar-refractivity contribution in [3.63, 3.8) is 0 Å². The second kappa shape index (κ2) is 17.2. The van der Waals surface area contributed by atoms with E-state index in [-0.39, 0.29) is 5.82 Å². The van der Waals surface area contributed by atoms with E-state index in [4.69, 9.17) is 11.6 Å². The molecule has 0 radical (unpaired) electrons. The van der Waals surface area contributed by atoms with Gasteiger partial charge >= 0.3 is 0 Å². The average Bonchev–Trinajstić information content (AvgIpc) is 3.04. The summed E-state index contributed by atoms with van der Waals surface area (Å²) in [5.41, 5.74) is 1.93. The minimum atomic E-state index is -3.63. The highest BCUT2D eigenvalue weighted by atomic mass is 35.5. The predicted molar refractivity (Wildman–Crippen MR) is 191 cm³/mol. The van der Waals surface area contributed by atoms with Gasteiger partial charge in [0.1, 0.15) is 5.82 Å². The van der Waals surface area contributed by atoms with Crippen LogP contribution in [0.15, 0.2) is 47.4 Å². The first-order valence-electron chi connectivity index (χ1n) is 17.1. The molecule has 8 nitrogen and oxygen atoms in total. The van der Waals surface area contributed by atoms with Gasteiger partial charge in [-0.1, -0.05) is 30.9 Å². The first kappa shape index (κ1) is 35.7. The molecule has 3 fully saturated rings. The van der Waals surface area contributed by atoms with Crippen molar-refractivity contribution in [2.75, 3.05) is 95.9 Å². The highest BCUT2D eigenvalue weighted by molar-refractivity contribution is 7.97. The zero-order valence-electron chi connectivity index (χ0n) is 27.6. The van der Waals surface area contributed by atoms with Crippen LogP contribution < -0.4 is 9.80 Å². The number of halogens is 2. The van der Waals surface area contributed by atoms with Crippen LogP contribution in [0.5, 0.6) is 0 Å². The van der Waals surface area contributed by atoms with Crippen molar-refractivity contribution < 1.29 is 12.8 Å². The van der Waals surface area contributed by atoms with Crippen LogP contribution >= 0.6 is 23.5 Å². The number of rotatable bonds is 8. The Morgan fingerprint density at radius 2 is 1.39 bits per heavy atom. The molecule has 2 heterocycles. The number of nitrogens with zero attached hydrogens (tertiary/aromatic N) is 6. The Kier molecular flexibility index (Phi) is 13.3. The van der Waals surface area contributed by atoms with E-state index in [2.05, 4.69) is 52.5 Å². The third kappa shape index (κ3) is 9.96. The van der Waals surface area contributed by atoms with Gasteiger partial charge in [-0.3, -0.25) is 0 Å². The van der Waals surface area contributed by atoms with Gasteiger partial charge in [-0.05, 0) is 106 Å². The highest BCUT2D eigenvalue weighted by Crippen LogP contribution is 2.30. The van der Waals surface area contributed by atoms with E-state index < -0.39 is 10.2 Å². The molecule has 2 aliphatic heterocycles. The van der Waals surface area contributed by atoms with E-state index in [9.17, 15) is 12.8 Å². The van der Waals surface area contributed by atoms with Crippen molar-refractivity contribution in [1.29, 1.82) is 0 Å². The number of hydrogen-bond acceptors (Lipinski definition) is 7. The number of anilines is 2. The topological polar surface area (TPSA) is 53.6 Å². The molecule has 46 heavy (non-hydrogen) atoms. The molecule has 12 heteroatoms. The van der Waals surface area contributed by atoms with E-state index in [1.54, 1.807) is 26.6 Å². The summed E-state index contributed by atoms with van der Waals surface area (Å²) in [6, 6.07) is 13.1. The minimum absolute atomic E-state index is 0.355. The molecule has 2 aromatic rings. The van der Waals surface area contributed by atoms with E-state index in [0.717, 1.165) is 63.6 Å². The molecule has 1 saturated carbocycles. The Bertz CT molecular complexity index is 1340. The highest BCUT2D eigenvalue weighted by Gasteiger charge is 2.33. The second-order valence-electron chi connectivity index (χ2n) is 13.2. The Hall–Kier alpha value is -1.60. The van der Waals surface area contributed by atoms with Crippen molar-refractivity contribution in [3.05, 3.63) is 53.3 Å². The van der Waals surface area contributed by atoms with Gasteiger partial charge < -0.3 is 14.7 Å². The molecule has 2 saturated heterocycles. The van der Waals surface area contributed by atoms with Crippen LogP contribution in [0.3, 0.4) is 0 Å². The van der Waals surface area contributed by atoms with Gasteiger partial charge in [0.15, 0.2) is 0 Å². The molecule has 0 N–H and O–H groups in total. The fourth-order valence-electron chi connectivity index (χ4n) is 6.95. The van der Waals surface area contributed by atoms with Gasteiger partial charge in [-0.2, -0.15) is 17.0 Å². The number of benzene rings is 2. The zero-order chi connectivity index (χ0) is 32.5. The van der Waals surface area contributed by atoms with Gasteiger partial charge in [0, 0.05) is 83.6 Å². The molecule has 256 valence electrons. The molecule has 0 aromatic heterocycles. The SMILES string of the molecule is CN(C)c1ccc(SN2CCCN(CC3CCCCC3)CCCN(S(=O)(=O)N3CCN(c4ccc(F)cc4Cl)CC3)CCC2)cc1. The Balaban J connectivity index is 1.25. The second-order valence-corrected chi connectivity index (χ2v) is 16.7. The van der Waals surface area contributed by atoms with E-state index >= 15 is 0 Å². The molecule has 0 atom stereocenters. The maximum Gasteiger partial charge on any atom is 0.282 e. The molecule has 0 spiro atoms. The van der Waals surface area contributed by atoms with E-state index in [1.807, 2.05) is 4.90 Å². The lowest BCUT2D eigenvalue weighted by Crippen LogP contribution is -2.53. The maximum atomic E-state index is 14.1. The standard InChI is InChI=1S/C34H52ClFN6O2S2/c1-37(2)31-12-14-32(15-13-31)45-40-19-6-17-38(28-29-9-4-3-5-10-29)18-7-21-41(22-8-20-40)46(43,44)42-25-23-39(24-26-42)34-16-11-30(36)27-33(34)35/h11-16,27,29H,3-10,17-26,28H2,1-2H3. The summed E-state index contributed by atoms with van der Waals surface area (Å²) in [5.74, 6) is 0.384. The lowest BCUT2D eigenvalue weighted by molar-refractivity contribution is 0.185. The van der Waals surface area contributed by atoms with Crippen molar-refractivity contribution >= 4 is 45.1 Å².